The fourth-order valence-electron chi connectivity index (χ4n) is 3.43. The van der Waals surface area contributed by atoms with Crippen LogP contribution in [-0.4, -0.2) is 18.4 Å². The summed E-state index contributed by atoms with van der Waals surface area (Å²) in [5, 5.41) is 0. The van der Waals surface area contributed by atoms with Crippen LogP contribution in [0.4, 0.5) is 0 Å². The summed E-state index contributed by atoms with van der Waals surface area (Å²) in [7, 11) is 0. The summed E-state index contributed by atoms with van der Waals surface area (Å²) in [6.07, 6.45) is 0. The Labute approximate surface area is 143 Å². The van der Waals surface area contributed by atoms with Crippen molar-refractivity contribution in [2.75, 3.05) is 0 Å². The molecule has 3 aromatic rings. The normalized spacial score (nSPS) is 11.2. The molecule has 0 bridgehead atoms. The van der Waals surface area contributed by atoms with Gasteiger partial charge in [-0.05, 0) is 0 Å². The predicted molar refractivity (Wildman–Crippen MR) is 104 cm³/mol. The SMILES string of the molecule is C=C(C)[CH2][Sn]([c]1ccccc1)([c]1ccccc1)[c]1ccccc1. The third-order valence-corrected chi connectivity index (χ3v) is 18.9. The van der Waals surface area contributed by atoms with Crippen molar-refractivity contribution in [1.82, 2.24) is 0 Å². The van der Waals surface area contributed by atoms with E-state index in [1.807, 2.05) is 0 Å². The van der Waals surface area contributed by atoms with Crippen LogP contribution in [0, 0.1) is 0 Å². The van der Waals surface area contributed by atoms with E-state index in [1.54, 1.807) is 0 Å². The molecule has 0 nitrogen and oxygen atoms in total. The van der Waals surface area contributed by atoms with Gasteiger partial charge in [-0.3, -0.25) is 0 Å². The first kappa shape index (κ1) is 16.1. The number of allylic oxidation sites excluding steroid dienone is 1. The van der Waals surface area contributed by atoms with Crippen LogP contribution in [0.5, 0.6) is 0 Å². The zero-order valence-electron chi connectivity index (χ0n) is 13.6. The maximum absolute atomic E-state index is 4.27. The van der Waals surface area contributed by atoms with Crippen molar-refractivity contribution in [3.63, 3.8) is 0 Å². The Kier molecular flexibility index (Phi) is 5.02. The second-order valence-corrected chi connectivity index (χ2v) is 17.3. The van der Waals surface area contributed by atoms with E-state index < -0.39 is 18.4 Å². The third-order valence-electron chi connectivity index (χ3n) is 4.37. The van der Waals surface area contributed by atoms with E-state index in [-0.39, 0.29) is 0 Å². The average Bonchev–Trinajstić information content (AvgIpc) is 2.62. The van der Waals surface area contributed by atoms with Gasteiger partial charge in [0.05, 0.1) is 0 Å². The number of hydrogen-bond donors (Lipinski definition) is 0. The molecule has 114 valence electrons. The molecule has 0 aliphatic heterocycles. The molecule has 0 N–H and O–H groups in total. The topological polar surface area (TPSA) is 0 Å². The Morgan fingerprint density at radius 2 is 0.957 bits per heavy atom. The van der Waals surface area contributed by atoms with Crippen LogP contribution in [0.15, 0.2) is 103 Å². The fourth-order valence-corrected chi connectivity index (χ4v) is 17.1. The van der Waals surface area contributed by atoms with Crippen molar-refractivity contribution in [3.05, 3.63) is 103 Å². The summed E-state index contributed by atoms with van der Waals surface area (Å²) >= 11 is -3.05. The van der Waals surface area contributed by atoms with E-state index in [2.05, 4.69) is 104 Å². The molecule has 0 spiro atoms. The summed E-state index contributed by atoms with van der Waals surface area (Å²) in [5.74, 6) is 0. The van der Waals surface area contributed by atoms with Crippen molar-refractivity contribution >= 4 is 29.1 Å². The van der Waals surface area contributed by atoms with Gasteiger partial charge in [-0.2, -0.15) is 0 Å². The molecule has 0 unspecified atom stereocenters. The molecule has 23 heavy (non-hydrogen) atoms. The molecule has 1 heteroatoms. The summed E-state index contributed by atoms with van der Waals surface area (Å²) in [6.45, 7) is 6.44. The molecular weight excluding hydrogens is 383 g/mol. The van der Waals surface area contributed by atoms with Crippen molar-refractivity contribution in [3.8, 4) is 0 Å². The van der Waals surface area contributed by atoms with Crippen LogP contribution < -0.4 is 10.7 Å². The van der Waals surface area contributed by atoms with Crippen molar-refractivity contribution in [2.45, 2.75) is 11.4 Å². The predicted octanol–water partition coefficient (Wildman–Crippen LogP) is 3.73. The van der Waals surface area contributed by atoms with E-state index in [0.717, 1.165) is 4.44 Å². The standard InChI is InChI=1S/3C6H5.C4H7.Sn/c3*1-2-4-6-5-3-1;1-4(2)3;/h3*1-5H;1-2H2,3H3;. The monoisotopic (exact) mass is 406 g/mol. The van der Waals surface area contributed by atoms with Crippen LogP contribution in [0.3, 0.4) is 0 Å². The molecule has 0 amide bonds. The molecule has 0 saturated carbocycles. The van der Waals surface area contributed by atoms with Crippen molar-refractivity contribution in [1.29, 1.82) is 0 Å². The van der Waals surface area contributed by atoms with Crippen molar-refractivity contribution < 1.29 is 0 Å². The molecule has 0 aliphatic carbocycles. The number of hydrogen-bond acceptors (Lipinski definition) is 0. The Balaban J connectivity index is 2.32. The molecule has 0 aliphatic rings. The fraction of sp³-hybridized carbons (Fsp3) is 0.0909. The Bertz CT molecular complexity index is 664. The van der Waals surface area contributed by atoms with Crippen LogP contribution in [0.25, 0.3) is 0 Å². The first-order valence-corrected chi connectivity index (χ1v) is 14.3. The molecular formula is C22H22Sn. The second-order valence-electron chi connectivity index (χ2n) is 6.14. The van der Waals surface area contributed by atoms with E-state index in [0.29, 0.717) is 0 Å². The van der Waals surface area contributed by atoms with Gasteiger partial charge >= 0.3 is 144 Å². The van der Waals surface area contributed by atoms with Crippen LogP contribution >= 0.6 is 0 Å². The van der Waals surface area contributed by atoms with Gasteiger partial charge in [0.25, 0.3) is 0 Å². The zero-order valence-corrected chi connectivity index (χ0v) is 16.4. The van der Waals surface area contributed by atoms with Crippen molar-refractivity contribution in [2.24, 2.45) is 0 Å². The summed E-state index contributed by atoms with van der Waals surface area (Å²) < 4.78 is 5.65. The van der Waals surface area contributed by atoms with Gasteiger partial charge in [-0.1, -0.05) is 0 Å². The first-order chi connectivity index (χ1) is 11.2. The van der Waals surface area contributed by atoms with Crippen LogP contribution in [-0.2, 0) is 0 Å². The van der Waals surface area contributed by atoms with Gasteiger partial charge in [0, 0.05) is 0 Å². The Morgan fingerprint density at radius 1 is 0.652 bits per heavy atom. The van der Waals surface area contributed by atoms with Gasteiger partial charge in [-0.15, -0.1) is 0 Å². The molecule has 0 saturated heterocycles. The molecule has 0 aromatic heterocycles. The molecule has 3 rings (SSSR count). The number of rotatable bonds is 5. The molecule has 0 heterocycles. The van der Waals surface area contributed by atoms with E-state index in [1.165, 1.54) is 16.3 Å². The first-order valence-electron chi connectivity index (χ1n) is 8.04. The molecule has 3 aromatic carbocycles. The van der Waals surface area contributed by atoms with E-state index >= 15 is 0 Å². The van der Waals surface area contributed by atoms with Crippen LogP contribution in [0.1, 0.15) is 6.92 Å². The summed E-state index contributed by atoms with van der Waals surface area (Å²) in [6, 6.07) is 33.3. The second kappa shape index (κ2) is 7.18. The zero-order chi connectivity index (χ0) is 16.1. The maximum atomic E-state index is 4.27. The quantitative estimate of drug-likeness (QED) is 0.449. The van der Waals surface area contributed by atoms with Gasteiger partial charge in [0.2, 0.25) is 0 Å². The minimum atomic E-state index is -3.05. The number of benzene rings is 3. The van der Waals surface area contributed by atoms with Gasteiger partial charge in [0.1, 0.15) is 0 Å². The van der Waals surface area contributed by atoms with Crippen LogP contribution in [0.2, 0.25) is 4.44 Å². The Morgan fingerprint density at radius 3 is 1.22 bits per heavy atom. The van der Waals surface area contributed by atoms with Gasteiger partial charge in [0.15, 0.2) is 0 Å². The molecule has 0 fully saturated rings. The molecule has 0 atom stereocenters. The third kappa shape index (κ3) is 3.27. The Hall–Kier alpha value is -1.80. The van der Waals surface area contributed by atoms with E-state index in [9.17, 15) is 0 Å². The van der Waals surface area contributed by atoms with Gasteiger partial charge in [-0.25, -0.2) is 0 Å². The average molecular weight is 405 g/mol. The van der Waals surface area contributed by atoms with Gasteiger partial charge < -0.3 is 0 Å². The molecule has 0 radical (unpaired) electrons. The minimum absolute atomic E-state index is 1.10. The van der Waals surface area contributed by atoms with E-state index in [4.69, 9.17) is 0 Å². The summed E-state index contributed by atoms with van der Waals surface area (Å²) in [5.41, 5.74) is 1.28. The summed E-state index contributed by atoms with van der Waals surface area (Å²) in [4.78, 5) is 0.